The van der Waals surface area contributed by atoms with E-state index in [-0.39, 0.29) is 12.4 Å². The minimum atomic E-state index is -0.875. The van der Waals surface area contributed by atoms with Crippen molar-refractivity contribution in [2.75, 3.05) is 0 Å². The molecule has 3 rings (SSSR count). The van der Waals surface area contributed by atoms with Gasteiger partial charge in [0.15, 0.2) is 0 Å². The highest BCUT2D eigenvalue weighted by atomic mass is 16.6. The van der Waals surface area contributed by atoms with Crippen molar-refractivity contribution in [3.8, 4) is 5.75 Å². The first-order valence-electron chi connectivity index (χ1n) is 10.1. The van der Waals surface area contributed by atoms with Crippen LogP contribution in [0.1, 0.15) is 36.5 Å². The van der Waals surface area contributed by atoms with Crippen LogP contribution in [0.25, 0.3) is 11.0 Å². The number of carbonyl (C=O) groups is 2. The number of carbonyl (C=O) groups excluding carboxylic acids is 2. The summed E-state index contributed by atoms with van der Waals surface area (Å²) in [4.78, 5) is 36.8. The third kappa shape index (κ3) is 5.72. The van der Waals surface area contributed by atoms with Crippen molar-refractivity contribution in [3.63, 3.8) is 0 Å². The van der Waals surface area contributed by atoms with Crippen molar-refractivity contribution in [1.82, 2.24) is 5.32 Å². The Hall–Kier alpha value is -3.61. The maximum atomic E-state index is 12.9. The van der Waals surface area contributed by atoms with Gasteiger partial charge >= 0.3 is 17.7 Å². The van der Waals surface area contributed by atoms with Gasteiger partial charge < -0.3 is 19.2 Å². The molecule has 1 amide bonds. The lowest BCUT2D eigenvalue weighted by atomic mass is 10.1. The lowest BCUT2D eigenvalue weighted by molar-refractivity contribution is -0.136. The van der Waals surface area contributed by atoms with E-state index in [9.17, 15) is 14.4 Å². The van der Waals surface area contributed by atoms with Crippen molar-refractivity contribution in [3.05, 3.63) is 75.6 Å². The average molecular weight is 423 g/mol. The summed E-state index contributed by atoms with van der Waals surface area (Å²) < 4.78 is 16.1. The number of esters is 1. The summed E-state index contributed by atoms with van der Waals surface area (Å²) in [6.45, 7) is 5.55. The Morgan fingerprint density at radius 2 is 1.84 bits per heavy atom. The smallest absolute Gasteiger partial charge is 0.408 e. The molecule has 0 saturated heterocycles. The molecule has 7 heteroatoms. The minimum absolute atomic E-state index is 0.0985. The number of hydrogen-bond donors (Lipinski definition) is 1. The van der Waals surface area contributed by atoms with Gasteiger partial charge in [0.25, 0.3) is 0 Å². The fraction of sp³-hybridized carbons (Fsp3) is 0.292. The molecule has 0 radical (unpaired) electrons. The van der Waals surface area contributed by atoms with Crippen LogP contribution in [0.2, 0.25) is 0 Å². The van der Waals surface area contributed by atoms with E-state index in [0.717, 1.165) is 11.1 Å². The monoisotopic (exact) mass is 423 g/mol. The molecule has 7 nitrogen and oxygen atoms in total. The van der Waals surface area contributed by atoms with E-state index < -0.39 is 23.7 Å². The quantitative estimate of drug-likeness (QED) is 0.344. The molecule has 0 unspecified atom stereocenters. The Bertz CT molecular complexity index is 1140. The van der Waals surface area contributed by atoms with E-state index in [2.05, 4.69) is 5.32 Å². The first-order valence-corrected chi connectivity index (χ1v) is 10.1. The van der Waals surface area contributed by atoms with Crippen LogP contribution in [-0.2, 0) is 16.1 Å². The van der Waals surface area contributed by atoms with Crippen molar-refractivity contribution in [2.24, 2.45) is 0 Å². The number of benzene rings is 2. The summed E-state index contributed by atoms with van der Waals surface area (Å²) in [6.07, 6.45) is 0.341. The molecule has 3 aromatic rings. The van der Waals surface area contributed by atoms with Crippen molar-refractivity contribution >= 4 is 23.0 Å². The predicted octanol–water partition coefficient (Wildman–Crippen LogP) is 4.41. The van der Waals surface area contributed by atoms with Gasteiger partial charge in [0, 0.05) is 6.07 Å². The third-order valence-electron chi connectivity index (χ3n) is 4.73. The molecule has 162 valence electrons. The van der Waals surface area contributed by atoms with Gasteiger partial charge in [0.05, 0.1) is 5.39 Å². The maximum Gasteiger partial charge on any atom is 0.408 e. The number of hydrogen-bond acceptors (Lipinski definition) is 6. The number of fused-ring (bicyclic) bond motifs is 1. The molecule has 1 atom stereocenters. The third-order valence-corrected chi connectivity index (χ3v) is 4.73. The van der Waals surface area contributed by atoms with Gasteiger partial charge in [-0.3, -0.25) is 0 Å². The lowest BCUT2D eigenvalue weighted by Gasteiger charge is -2.18. The molecule has 0 saturated carbocycles. The van der Waals surface area contributed by atoms with Crippen LogP contribution in [0, 0.1) is 13.8 Å². The molecule has 1 N–H and O–H groups in total. The van der Waals surface area contributed by atoms with E-state index in [0.29, 0.717) is 29.4 Å². The van der Waals surface area contributed by atoms with Crippen molar-refractivity contribution in [2.45, 2.75) is 46.3 Å². The Balaban J connectivity index is 1.75. The van der Waals surface area contributed by atoms with Crippen LogP contribution in [0.4, 0.5) is 4.79 Å². The summed E-state index contributed by atoms with van der Waals surface area (Å²) >= 11 is 0. The fourth-order valence-electron chi connectivity index (χ4n) is 3.28. The van der Waals surface area contributed by atoms with Crippen LogP contribution in [0.3, 0.4) is 0 Å². The average Bonchev–Trinajstić information content (AvgIpc) is 2.71. The SMILES string of the molecule is CCC[C@H](NC(=O)OCc1ccccc1)C(=O)Oc1cc(C)cc2oc(=O)cc(C)c12. The molecular weight excluding hydrogens is 398 g/mol. The summed E-state index contributed by atoms with van der Waals surface area (Å²) in [5.74, 6) is -0.335. The summed E-state index contributed by atoms with van der Waals surface area (Å²) in [7, 11) is 0. The Morgan fingerprint density at radius 1 is 1.10 bits per heavy atom. The zero-order valence-corrected chi connectivity index (χ0v) is 17.8. The Labute approximate surface area is 180 Å². The number of alkyl carbamates (subject to hydrolysis) is 1. The second-order valence-electron chi connectivity index (χ2n) is 7.35. The Morgan fingerprint density at radius 3 is 2.55 bits per heavy atom. The van der Waals surface area contributed by atoms with E-state index >= 15 is 0 Å². The van der Waals surface area contributed by atoms with Crippen LogP contribution < -0.4 is 15.7 Å². The van der Waals surface area contributed by atoms with E-state index in [1.54, 1.807) is 19.1 Å². The second-order valence-corrected chi connectivity index (χ2v) is 7.35. The van der Waals surface area contributed by atoms with Crippen molar-refractivity contribution < 1.29 is 23.5 Å². The molecular formula is C24H25NO6. The van der Waals surface area contributed by atoms with E-state index in [1.807, 2.05) is 44.2 Å². The number of nitrogens with one attached hydrogen (secondary N) is 1. The summed E-state index contributed by atoms with van der Waals surface area (Å²) in [6, 6.07) is 13.1. The van der Waals surface area contributed by atoms with Gasteiger partial charge in [-0.15, -0.1) is 0 Å². The normalized spacial score (nSPS) is 11.7. The number of rotatable bonds is 7. The minimum Gasteiger partial charge on any atom is -0.445 e. The first kappa shape index (κ1) is 22.1. The highest BCUT2D eigenvalue weighted by molar-refractivity contribution is 5.91. The summed E-state index contributed by atoms with van der Waals surface area (Å²) in [5.41, 5.74) is 2.12. The molecule has 31 heavy (non-hydrogen) atoms. The molecule has 1 aromatic heterocycles. The number of ether oxygens (including phenoxy) is 2. The van der Waals surface area contributed by atoms with Gasteiger partial charge in [0.2, 0.25) is 0 Å². The molecule has 2 aromatic carbocycles. The molecule has 0 spiro atoms. The maximum absolute atomic E-state index is 12.9. The number of amides is 1. The largest absolute Gasteiger partial charge is 0.445 e. The summed E-state index contributed by atoms with van der Waals surface area (Å²) in [5, 5.41) is 3.13. The van der Waals surface area contributed by atoms with Crippen LogP contribution in [0.15, 0.2) is 57.7 Å². The second kappa shape index (κ2) is 9.93. The van der Waals surface area contributed by atoms with E-state index in [4.69, 9.17) is 13.9 Å². The van der Waals surface area contributed by atoms with Gasteiger partial charge in [-0.2, -0.15) is 0 Å². The first-order chi connectivity index (χ1) is 14.9. The predicted molar refractivity (Wildman–Crippen MR) is 116 cm³/mol. The van der Waals surface area contributed by atoms with Crippen LogP contribution in [-0.4, -0.2) is 18.1 Å². The number of aryl methyl sites for hydroxylation is 2. The van der Waals surface area contributed by atoms with Gasteiger partial charge in [0.1, 0.15) is 24.0 Å². The highest BCUT2D eigenvalue weighted by Crippen LogP contribution is 2.30. The zero-order chi connectivity index (χ0) is 22.4. The van der Waals surface area contributed by atoms with Gasteiger partial charge in [-0.05, 0) is 49.1 Å². The fourth-order valence-corrected chi connectivity index (χ4v) is 3.28. The zero-order valence-electron chi connectivity index (χ0n) is 17.8. The molecule has 0 aliphatic carbocycles. The Kier molecular flexibility index (Phi) is 7.07. The topological polar surface area (TPSA) is 94.8 Å². The standard InChI is InChI=1S/C24H25NO6/c1-4-8-18(25-24(28)29-14-17-9-6-5-7-10-17)23(27)31-20-12-15(2)11-19-22(20)16(3)13-21(26)30-19/h5-7,9-13,18H,4,8,14H2,1-3H3,(H,25,28)/t18-/m0/s1. The lowest BCUT2D eigenvalue weighted by Crippen LogP contribution is -2.43. The molecule has 1 heterocycles. The highest BCUT2D eigenvalue weighted by Gasteiger charge is 2.24. The van der Waals surface area contributed by atoms with Gasteiger partial charge in [-0.1, -0.05) is 43.7 Å². The molecule has 0 aliphatic rings. The van der Waals surface area contributed by atoms with Crippen LogP contribution in [0.5, 0.6) is 5.75 Å². The molecule has 0 fully saturated rings. The molecule has 0 aliphatic heterocycles. The van der Waals surface area contributed by atoms with Gasteiger partial charge in [-0.25, -0.2) is 14.4 Å². The van der Waals surface area contributed by atoms with Crippen LogP contribution >= 0.6 is 0 Å². The molecule has 0 bridgehead atoms. The van der Waals surface area contributed by atoms with E-state index in [1.165, 1.54) is 6.07 Å². The van der Waals surface area contributed by atoms with Crippen molar-refractivity contribution in [1.29, 1.82) is 0 Å².